The first-order chi connectivity index (χ1) is 10.5. The molecule has 0 saturated carbocycles. The predicted octanol–water partition coefficient (Wildman–Crippen LogP) is 2.70. The van der Waals surface area contributed by atoms with Gasteiger partial charge in [-0.3, -0.25) is 4.79 Å². The number of benzene rings is 1. The number of nitrogens with zero attached hydrogens (tertiary/aromatic N) is 3. The molecule has 1 atom stereocenters. The zero-order chi connectivity index (χ0) is 16.1. The van der Waals surface area contributed by atoms with E-state index in [9.17, 15) is 4.79 Å². The number of carbonyl (C=O) groups excluding carboxylic acids is 1. The zero-order valence-electron chi connectivity index (χ0n) is 13.1. The Kier molecular flexibility index (Phi) is 5.43. The highest BCUT2D eigenvalue weighted by Crippen LogP contribution is 2.31. The van der Waals surface area contributed by atoms with Crippen LogP contribution in [0.15, 0.2) is 33.9 Å². The van der Waals surface area contributed by atoms with Crippen molar-refractivity contribution in [3.8, 4) is 17.2 Å². The van der Waals surface area contributed by atoms with E-state index in [1.54, 1.807) is 19.0 Å². The lowest BCUT2D eigenvalue weighted by Crippen LogP contribution is -2.29. The van der Waals surface area contributed by atoms with Crippen LogP contribution in [0.4, 0.5) is 0 Å². The van der Waals surface area contributed by atoms with Gasteiger partial charge in [0.25, 0.3) is 11.1 Å². The van der Waals surface area contributed by atoms with Gasteiger partial charge in [0, 0.05) is 14.1 Å². The Labute approximate surface area is 133 Å². The fraction of sp³-hybridized carbons (Fsp3) is 0.400. The van der Waals surface area contributed by atoms with Gasteiger partial charge in [0.1, 0.15) is 5.75 Å². The number of rotatable bonds is 6. The molecule has 1 aromatic heterocycles. The Morgan fingerprint density at radius 3 is 2.77 bits per heavy atom. The van der Waals surface area contributed by atoms with E-state index in [1.807, 2.05) is 38.1 Å². The molecule has 0 aliphatic rings. The van der Waals surface area contributed by atoms with Crippen molar-refractivity contribution in [2.24, 2.45) is 0 Å². The quantitative estimate of drug-likeness (QED) is 0.762. The number of hydrogen-bond donors (Lipinski definition) is 0. The topological polar surface area (TPSA) is 68.5 Å². The minimum absolute atomic E-state index is 0.000494. The second kappa shape index (κ2) is 7.31. The fourth-order valence-corrected chi connectivity index (χ4v) is 2.69. The Hall–Kier alpha value is -2.02. The van der Waals surface area contributed by atoms with Crippen molar-refractivity contribution in [1.82, 2.24) is 15.1 Å². The van der Waals surface area contributed by atoms with Gasteiger partial charge in [-0.25, -0.2) is 0 Å². The summed E-state index contributed by atoms with van der Waals surface area (Å²) < 4.78 is 11.2. The number of ether oxygens (including phenoxy) is 1. The number of amides is 1. The van der Waals surface area contributed by atoms with E-state index in [1.165, 1.54) is 11.8 Å². The molecule has 0 saturated heterocycles. The highest BCUT2D eigenvalue weighted by atomic mass is 32.2. The van der Waals surface area contributed by atoms with E-state index in [-0.39, 0.29) is 11.2 Å². The molecule has 0 aliphatic heterocycles. The van der Waals surface area contributed by atoms with E-state index >= 15 is 0 Å². The molecule has 1 heterocycles. The SMILES string of the molecule is CCOc1ccccc1-c1nnc(SC(C)C(=O)N(C)C)o1. The van der Waals surface area contributed by atoms with Crippen molar-refractivity contribution >= 4 is 17.7 Å². The first-order valence-corrected chi connectivity index (χ1v) is 7.84. The van der Waals surface area contributed by atoms with Crippen molar-refractivity contribution in [2.45, 2.75) is 24.3 Å². The number of thioether (sulfide) groups is 1. The molecular weight excluding hydrogens is 302 g/mol. The lowest BCUT2D eigenvalue weighted by atomic mass is 10.2. The molecule has 0 aliphatic carbocycles. The lowest BCUT2D eigenvalue weighted by Gasteiger charge is -2.14. The molecule has 0 bridgehead atoms. The van der Waals surface area contributed by atoms with Crippen LogP contribution in [0.5, 0.6) is 5.75 Å². The molecule has 6 nitrogen and oxygen atoms in total. The molecule has 0 radical (unpaired) electrons. The highest BCUT2D eigenvalue weighted by molar-refractivity contribution is 8.00. The van der Waals surface area contributed by atoms with Gasteiger partial charge in [-0.1, -0.05) is 23.9 Å². The molecule has 1 aromatic carbocycles. The third kappa shape index (κ3) is 3.79. The molecule has 0 fully saturated rings. The second-order valence-electron chi connectivity index (χ2n) is 4.80. The van der Waals surface area contributed by atoms with Crippen LogP contribution in [0, 0.1) is 0 Å². The van der Waals surface area contributed by atoms with Crippen LogP contribution in [0.3, 0.4) is 0 Å². The van der Waals surface area contributed by atoms with Gasteiger partial charge < -0.3 is 14.1 Å². The predicted molar refractivity (Wildman–Crippen MR) is 84.9 cm³/mol. The summed E-state index contributed by atoms with van der Waals surface area (Å²) in [7, 11) is 3.44. The van der Waals surface area contributed by atoms with E-state index < -0.39 is 0 Å². The highest BCUT2D eigenvalue weighted by Gasteiger charge is 2.20. The van der Waals surface area contributed by atoms with Gasteiger partial charge in [0.05, 0.1) is 17.4 Å². The molecule has 118 valence electrons. The van der Waals surface area contributed by atoms with Gasteiger partial charge >= 0.3 is 0 Å². The van der Waals surface area contributed by atoms with E-state index in [4.69, 9.17) is 9.15 Å². The molecule has 1 amide bonds. The maximum absolute atomic E-state index is 11.9. The summed E-state index contributed by atoms with van der Waals surface area (Å²) in [5.41, 5.74) is 0.746. The Balaban J connectivity index is 2.17. The third-order valence-corrected chi connectivity index (χ3v) is 3.81. The Morgan fingerprint density at radius 1 is 1.36 bits per heavy atom. The van der Waals surface area contributed by atoms with Crippen LogP contribution in [0.2, 0.25) is 0 Å². The van der Waals surface area contributed by atoms with Crippen LogP contribution >= 0.6 is 11.8 Å². The molecular formula is C15H19N3O3S. The monoisotopic (exact) mass is 321 g/mol. The molecule has 0 spiro atoms. The van der Waals surface area contributed by atoms with Crippen molar-refractivity contribution in [2.75, 3.05) is 20.7 Å². The van der Waals surface area contributed by atoms with Crippen LogP contribution in [0.1, 0.15) is 13.8 Å². The summed E-state index contributed by atoms with van der Waals surface area (Å²) in [6.07, 6.45) is 0. The van der Waals surface area contributed by atoms with E-state index in [0.29, 0.717) is 23.5 Å². The normalized spacial score (nSPS) is 12.0. The van der Waals surface area contributed by atoms with Crippen molar-refractivity contribution < 1.29 is 13.9 Å². The van der Waals surface area contributed by atoms with Crippen LogP contribution in [-0.4, -0.2) is 47.0 Å². The minimum atomic E-state index is -0.287. The summed E-state index contributed by atoms with van der Waals surface area (Å²) in [6.45, 7) is 4.28. The average Bonchev–Trinajstić information content (AvgIpc) is 2.95. The lowest BCUT2D eigenvalue weighted by molar-refractivity contribution is -0.127. The van der Waals surface area contributed by atoms with Crippen LogP contribution in [0.25, 0.3) is 11.5 Å². The van der Waals surface area contributed by atoms with Gasteiger partial charge in [0.2, 0.25) is 5.91 Å². The first kappa shape index (κ1) is 16.4. The van der Waals surface area contributed by atoms with E-state index in [2.05, 4.69) is 10.2 Å². The second-order valence-corrected chi connectivity index (χ2v) is 6.09. The molecule has 22 heavy (non-hydrogen) atoms. The first-order valence-electron chi connectivity index (χ1n) is 6.96. The maximum Gasteiger partial charge on any atom is 0.277 e. The Bertz CT molecular complexity index is 642. The van der Waals surface area contributed by atoms with Gasteiger partial charge in [-0.15, -0.1) is 10.2 Å². The molecule has 2 aromatic rings. The number of para-hydroxylation sites is 1. The van der Waals surface area contributed by atoms with Gasteiger partial charge in [0.15, 0.2) is 0 Å². The Morgan fingerprint density at radius 2 is 2.09 bits per heavy atom. The number of carbonyl (C=O) groups is 1. The molecule has 2 rings (SSSR count). The summed E-state index contributed by atoms with van der Waals surface area (Å²) in [4.78, 5) is 13.4. The van der Waals surface area contributed by atoms with Crippen molar-refractivity contribution in [3.63, 3.8) is 0 Å². The van der Waals surface area contributed by atoms with Gasteiger partial charge in [-0.2, -0.15) is 0 Å². The van der Waals surface area contributed by atoms with Crippen LogP contribution in [-0.2, 0) is 4.79 Å². The maximum atomic E-state index is 11.9. The minimum Gasteiger partial charge on any atom is -0.493 e. The fourth-order valence-electron chi connectivity index (χ4n) is 1.86. The van der Waals surface area contributed by atoms with E-state index in [0.717, 1.165) is 5.56 Å². The standard InChI is InChI=1S/C15H19N3O3S/c1-5-20-12-9-7-6-8-11(12)13-16-17-15(21-13)22-10(2)14(19)18(3)4/h6-10H,5H2,1-4H3. The van der Waals surface area contributed by atoms with Crippen molar-refractivity contribution in [1.29, 1.82) is 0 Å². The largest absolute Gasteiger partial charge is 0.493 e. The van der Waals surface area contributed by atoms with Crippen LogP contribution < -0.4 is 4.74 Å². The summed E-state index contributed by atoms with van der Waals surface area (Å²) >= 11 is 1.24. The summed E-state index contributed by atoms with van der Waals surface area (Å²) in [6, 6.07) is 7.49. The smallest absolute Gasteiger partial charge is 0.277 e. The number of hydrogen-bond acceptors (Lipinski definition) is 6. The third-order valence-electron chi connectivity index (χ3n) is 2.89. The summed E-state index contributed by atoms with van der Waals surface area (Å²) in [5, 5.41) is 8.12. The average molecular weight is 321 g/mol. The van der Waals surface area contributed by atoms with Crippen molar-refractivity contribution in [3.05, 3.63) is 24.3 Å². The van der Waals surface area contributed by atoms with Gasteiger partial charge in [-0.05, 0) is 26.0 Å². The number of aromatic nitrogens is 2. The molecule has 7 heteroatoms. The zero-order valence-corrected chi connectivity index (χ0v) is 13.9. The molecule has 0 N–H and O–H groups in total. The molecule has 1 unspecified atom stereocenters. The summed E-state index contributed by atoms with van der Waals surface area (Å²) in [5.74, 6) is 1.08.